The van der Waals surface area contributed by atoms with Gasteiger partial charge >= 0.3 is 0 Å². The average molecular weight is 265 g/mol. The molecule has 0 atom stereocenters. The first kappa shape index (κ1) is 13.5. The third-order valence-electron chi connectivity index (χ3n) is 3.08. The van der Waals surface area contributed by atoms with Crippen LogP contribution in [0.2, 0.25) is 0 Å². The van der Waals surface area contributed by atoms with Crippen LogP contribution in [0.15, 0.2) is 12.1 Å². The second kappa shape index (κ2) is 4.02. The number of fused-ring (bicyclic) bond motifs is 1. The normalized spacial score (nSPS) is 13.3. The maximum atomic E-state index is 14.2. The summed E-state index contributed by atoms with van der Waals surface area (Å²) in [5, 5.41) is 0.956. The van der Waals surface area contributed by atoms with Crippen LogP contribution in [0.25, 0.3) is 10.1 Å². The third-order valence-corrected chi connectivity index (χ3v) is 3.89. The Hall–Kier alpha value is -0.960. The zero-order valence-corrected chi connectivity index (χ0v) is 12.7. The lowest BCUT2D eigenvalue weighted by atomic mass is 9.85. The van der Waals surface area contributed by atoms with Gasteiger partial charge in [-0.1, -0.05) is 41.5 Å². The summed E-state index contributed by atoms with van der Waals surface area (Å²) in [5.74, 6) is -0.124. The highest BCUT2D eigenvalue weighted by molar-refractivity contribution is 7.13. The van der Waals surface area contributed by atoms with Gasteiger partial charge in [-0.05, 0) is 34.6 Å². The maximum absolute atomic E-state index is 14.2. The minimum Gasteiger partial charge on any atom is -0.207 e. The highest BCUT2D eigenvalue weighted by atomic mass is 32.1. The number of hydrogen-bond donors (Lipinski definition) is 0. The molecule has 0 saturated heterocycles. The van der Waals surface area contributed by atoms with E-state index in [-0.39, 0.29) is 16.6 Å². The van der Waals surface area contributed by atoms with Crippen molar-refractivity contribution in [3.8, 4) is 0 Å². The van der Waals surface area contributed by atoms with Crippen molar-refractivity contribution in [2.24, 2.45) is 0 Å². The summed E-state index contributed by atoms with van der Waals surface area (Å²) in [4.78, 5) is 0. The molecule has 18 heavy (non-hydrogen) atoms. The molecule has 1 heterocycles. The van der Waals surface area contributed by atoms with Crippen molar-refractivity contribution in [3.63, 3.8) is 0 Å². The summed E-state index contributed by atoms with van der Waals surface area (Å²) in [6.07, 6.45) is 0. The maximum Gasteiger partial charge on any atom is 0.127 e. The summed E-state index contributed by atoms with van der Waals surface area (Å²) in [5.41, 5.74) is 1.53. The van der Waals surface area contributed by atoms with Gasteiger partial charge in [-0.15, -0.1) is 0 Å². The van der Waals surface area contributed by atoms with Gasteiger partial charge in [-0.2, -0.15) is 4.37 Å². The lowest BCUT2D eigenvalue weighted by Crippen LogP contribution is -2.14. The molecule has 0 bridgehead atoms. The third kappa shape index (κ3) is 2.28. The molecule has 2 aromatic rings. The molecular formula is C15H20FNS. The minimum atomic E-state index is -0.176. The number of benzene rings is 1. The predicted octanol–water partition coefficient (Wildman–Crippen LogP) is 5.03. The van der Waals surface area contributed by atoms with Gasteiger partial charge < -0.3 is 0 Å². The molecule has 0 spiro atoms. The summed E-state index contributed by atoms with van der Waals surface area (Å²) < 4.78 is 19.8. The number of aromatic nitrogens is 1. The van der Waals surface area contributed by atoms with E-state index >= 15 is 0 Å². The molecule has 0 aliphatic rings. The highest BCUT2D eigenvalue weighted by Crippen LogP contribution is 2.36. The first-order valence-corrected chi connectivity index (χ1v) is 6.98. The fraction of sp³-hybridized carbons (Fsp3) is 0.533. The van der Waals surface area contributed by atoms with Crippen molar-refractivity contribution in [1.29, 1.82) is 0 Å². The van der Waals surface area contributed by atoms with Crippen LogP contribution in [-0.2, 0) is 10.8 Å². The van der Waals surface area contributed by atoms with Gasteiger partial charge in [0.25, 0.3) is 0 Å². The molecule has 3 heteroatoms. The highest BCUT2D eigenvalue weighted by Gasteiger charge is 2.24. The molecule has 0 aliphatic carbocycles. The lowest BCUT2D eigenvalue weighted by Gasteiger charge is -2.20. The van der Waals surface area contributed by atoms with Crippen LogP contribution in [0, 0.1) is 5.82 Å². The van der Waals surface area contributed by atoms with E-state index in [0.29, 0.717) is 0 Å². The number of halogens is 1. The van der Waals surface area contributed by atoms with Crippen molar-refractivity contribution in [1.82, 2.24) is 4.37 Å². The van der Waals surface area contributed by atoms with Crippen molar-refractivity contribution in [2.75, 3.05) is 0 Å². The first-order valence-electron chi connectivity index (χ1n) is 6.20. The van der Waals surface area contributed by atoms with Crippen molar-refractivity contribution in [3.05, 3.63) is 29.2 Å². The van der Waals surface area contributed by atoms with E-state index in [4.69, 9.17) is 0 Å². The van der Waals surface area contributed by atoms with Crippen molar-refractivity contribution < 1.29 is 4.39 Å². The molecule has 1 aromatic carbocycles. The Balaban J connectivity index is 2.71. The molecule has 1 aromatic heterocycles. The van der Waals surface area contributed by atoms with Gasteiger partial charge in [0, 0.05) is 10.8 Å². The first-order chi connectivity index (χ1) is 8.10. The van der Waals surface area contributed by atoms with Crippen LogP contribution in [0.1, 0.15) is 52.8 Å². The Kier molecular flexibility index (Phi) is 3.01. The van der Waals surface area contributed by atoms with E-state index in [1.807, 2.05) is 26.8 Å². The summed E-state index contributed by atoms with van der Waals surface area (Å²) in [6, 6.07) is 3.61. The average Bonchev–Trinajstić information content (AvgIpc) is 2.56. The lowest BCUT2D eigenvalue weighted by molar-refractivity contribution is 0.524. The van der Waals surface area contributed by atoms with Crippen LogP contribution in [0.5, 0.6) is 0 Å². The van der Waals surface area contributed by atoms with Gasteiger partial charge in [-0.3, -0.25) is 0 Å². The Morgan fingerprint density at radius 1 is 1.00 bits per heavy atom. The number of rotatable bonds is 0. The summed E-state index contributed by atoms with van der Waals surface area (Å²) in [6.45, 7) is 12.4. The largest absolute Gasteiger partial charge is 0.207 e. The van der Waals surface area contributed by atoms with Crippen molar-refractivity contribution in [2.45, 2.75) is 52.4 Å². The van der Waals surface area contributed by atoms with Gasteiger partial charge in [0.2, 0.25) is 0 Å². The summed E-state index contributed by atoms with van der Waals surface area (Å²) >= 11 is 1.46. The molecule has 98 valence electrons. The van der Waals surface area contributed by atoms with Crippen LogP contribution in [-0.4, -0.2) is 4.37 Å². The van der Waals surface area contributed by atoms with E-state index in [1.54, 1.807) is 6.07 Å². The fourth-order valence-corrected chi connectivity index (χ4v) is 3.06. The monoisotopic (exact) mass is 265 g/mol. The predicted molar refractivity (Wildman–Crippen MR) is 77.0 cm³/mol. The zero-order chi connectivity index (χ0) is 13.7. The Labute approximate surface area is 112 Å². The van der Waals surface area contributed by atoms with Crippen LogP contribution >= 0.6 is 11.5 Å². The fourth-order valence-electron chi connectivity index (χ4n) is 2.07. The molecule has 2 rings (SSSR count). The van der Waals surface area contributed by atoms with Crippen molar-refractivity contribution >= 4 is 21.6 Å². The van der Waals surface area contributed by atoms with E-state index < -0.39 is 0 Å². The number of hydrogen-bond acceptors (Lipinski definition) is 2. The Morgan fingerprint density at radius 3 is 2.11 bits per heavy atom. The molecule has 0 unspecified atom stereocenters. The zero-order valence-electron chi connectivity index (χ0n) is 11.9. The molecular weight excluding hydrogens is 245 g/mol. The van der Waals surface area contributed by atoms with E-state index in [9.17, 15) is 4.39 Å². The van der Waals surface area contributed by atoms with Gasteiger partial charge in [0.1, 0.15) is 5.82 Å². The molecule has 1 nitrogen and oxygen atoms in total. The van der Waals surface area contributed by atoms with Crippen LogP contribution < -0.4 is 0 Å². The van der Waals surface area contributed by atoms with Crippen LogP contribution in [0.4, 0.5) is 4.39 Å². The topological polar surface area (TPSA) is 12.9 Å². The van der Waals surface area contributed by atoms with Crippen LogP contribution in [0.3, 0.4) is 0 Å². The molecule has 0 fully saturated rings. The molecule has 0 aliphatic heterocycles. The quantitative estimate of drug-likeness (QED) is 0.651. The second-order valence-corrected chi connectivity index (χ2v) is 7.66. The van der Waals surface area contributed by atoms with E-state index in [1.165, 1.54) is 11.5 Å². The molecule has 0 amide bonds. The standard InChI is InChI=1S/C15H20FNS/c1-14(2,3)10-8-12-9(7-11(10)16)13(17-18-12)15(4,5)6/h7-8H,1-6H3. The van der Waals surface area contributed by atoms with E-state index in [2.05, 4.69) is 25.1 Å². The second-order valence-electron chi connectivity index (χ2n) is 6.86. The summed E-state index contributed by atoms with van der Waals surface area (Å²) in [7, 11) is 0. The van der Waals surface area contributed by atoms with E-state index in [0.717, 1.165) is 21.3 Å². The smallest absolute Gasteiger partial charge is 0.127 e. The van der Waals surface area contributed by atoms with Gasteiger partial charge in [0.05, 0.1) is 10.4 Å². The molecule has 0 N–H and O–H groups in total. The molecule has 0 radical (unpaired) electrons. The Bertz CT molecular complexity index is 585. The SMILES string of the molecule is CC(C)(C)c1cc2snc(C(C)(C)C)c2cc1F. The Morgan fingerprint density at radius 2 is 1.61 bits per heavy atom. The molecule has 0 saturated carbocycles. The number of nitrogens with zero attached hydrogens (tertiary/aromatic N) is 1. The van der Waals surface area contributed by atoms with Gasteiger partial charge in [0.15, 0.2) is 0 Å². The van der Waals surface area contributed by atoms with Gasteiger partial charge in [-0.25, -0.2) is 4.39 Å². The minimum absolute atomic E-state index is 0.0477.